The van der Waals surface area contributed by atoms with Gasteiger partial charge in [-0.05, 0) is 35.0 Å². The Morgan fingerprint density at radius 2 is 1.35 bits per heavy atom. The van der Waals surface area contributed by atoms with Crippen LogP contribution in [0.3, 0.4) is 0 Å². The Bertz CT molecular complexity index is 1800. The summed E-state index contributed by atoms with van der Waals surface area (Å²) in [5, 5.41) is 6.78. The van der Waals surface area contributed by atoms with Crippen molar-refractivity contribution < 1.29 is 4.42 Å². The summed E-state index contributed by atoms with van der Waals surface area (Å²) in [6, 6.07) is 29.4. The number of aromatic nitrogens is 2. The lowest BCUT2D eigenvalue weighted by Gasteiger charge is -2.10. The minimum atomic E-state index is 0.901. The van der Waals surface area contributed by atoms with Gasteiger partial charge in [-0.15, -0.1) is 0 Å². The predicted molar refractivity (Wildman–Crippen MR) is 127 cm³/mol. The average molecular weight is 396 g/mol. The number of para-hydroxylation sites is 1. The van der Waals surface area contributed by atoms with Crippen molar-refractivity contribution in [2.45, 2.75) is 0 Å². The molecule has 31 heavy (non-hydrogen) atoms. The number of rotatable bonds is 1. The SMILES string of the molecule is c1ccc2c(-c3cnc4c(ccc5cccnc54)c3)c3oc4ccccc4c3cc2c1. The first-order chi connectivity index (χ1) is 15.4. The summed E-state index contributed by atoms with van der Waals surface area (Å²) in [6.07, 6.45) is 3.77. The Morgan fingerprint density at radius 3 is 2.32 bits per heavy atom. The van der Waals surface area contributed by atoms with Crippen molar-refractivity contribution in [3.05, 3.63) is 97.3 Å². The lowest BCUT2D eigenvalue weighted by molar-refractivity contribution is 0.670. The highest BCUT2D eigenvalue weighted by molar-refractivity contribution is 6.18. The zero-order valence-corrected chi connectivity index (χ0v) is 16.5. The molecular formula is C28H16N2O. The van der Waals surface area contributed by atoms with Crippen LogP contribution in [0.5, 0.6) is 0 Å². The molecule has 7 aromatic rings. The number of fused-ring (bicyclic) bond motifs is 7. The summed E-state index contributed by atoms with van der Waals surface area (Å²) in [4.78, 5) is 9.41. The summed E-state index contributed by atoms with van der Waals surface area (Å²) < 4.78 is 6.39. The third-order valence-electron chi connectivity index (χ3n) is 6.10. The van der Waals surface area contributed by atoms with Crippen LogP contribution in [0.25, 0.3) is 65.6 Å². The van der Waals surface area contributed by atoms with Gasteiger partial charge in [0, 0.05) is 45.1 Å². The summed E-state index contributed by atoms with van der Waals surface area (Å²) >= 11 is 0. The molecule has 0 unspecified atom stereocenters. The Morgan fingerprint density at radius 1 is 0.581 bits per heavy atom. The lowest BCUT2D eigenvalue weighted by Crippen LogP contribution is -1.88. The van der Waals surface area contributed by atoms with Gasteiger partial charge in [0.15, 0.2) is 0 Å². The van der Waals surface area contributed by atoms with Crippen molar-refractivity contribution in [1.29, 1.82) is 0 Å². The van der Waals surface area contributed by atoms with Crippen molar-refractivity contribution in [2.75, 3.05) is 0 Å². The maximum atomic E-state index is 6.39. The minimum Gasteiger partial charge on any atom is -0.455 e. The number of furan rings is 1. The quantitative estimate of drug-likeness (QED) is 0.270. The maximum Gasteiger partial charge on any atom is 0.143 e. The molecule has 3 nitrogen and oxygen atoms in total. The minimum absolute atomic E-state index is 0.901. The zero-order valence-electron chi connectivity index (χ0n) is 16.5. The van der Waals surface area contributed by atoms with Crippen molar-refractivity contribution in [1.82, 2.24) is 9.97 Å². The van der Waals surface area contributed by atoms with E-state index >= 15 is 0 Å². The lowest BCUT2D eigenvalue weighted by atomic mass is 9.95. The Balaban J connectivity index is 1.62. The zero-order chi connectivity index (χ0) is 20.4. The Labute approximate surface area is 177 Å². The molecule has 3 aromatic heterocycles. The van der Waals surface area contributed by atoms with E-state index in [2.05, 4.69) is 71.7 Å². The molecule has 0 aliphatic carbocycles. The second-order valence-corrected chi connectivity index (χ2v) is 7.88. The van der Waals surface area contributed by atoms with E-state index in [1.807, 2.05) is 30.6 Å². The molecule has 0 saturated heterocycles. The van der Waals surface area contributed by atoms with E-state index in [0.717, 1.165) is 60.3 Å². The molecule has 0 bridgehead atoms. The molecule has 4 aromatic carbocycles. The molecule has 0 spiro atoms. The van der Waals surface area contributed by atoms with Crippen LogP contribution in [0.4, 0.5) is 0 Å². The Kier molecular flexibility index (Phi) is 3.27. The molecule has 0 aliphatic heterocycles. The van der Waals surface area contributed by atoms with Crippen molar-refractivity contribution in [3.8, 4) is 11.1 Å². The van der Waals surface area contributed by atoms with Crippen molar-refractivity contribution >= 4 is 54.5 Å². The summed E-state index contributed by atoms with van der Waals surface area (Å²) in [6.45, 7) is 0. The number of hydrogen-bond acceptors (Lipinski definition) is 3. The predicted octanol–water partition coefficient (Wildman–Crippen LogP) is 7.50. The van der Waals surface area contributed by atoms with Crippen LogP contribution in [0.2, 0.25) is 0 Å². The number of pyridine rings is 2. The van der Waals surface area contributed by atoms with Gasteiger partial charge in [-0.2, -0.15) is 0 Å². The fraction of sp³-hybridized carbons (Fsp3) is 0. The van der Waals surface area contributed by atoms with Crippen molar-refractivity contribution in [2.24, 2.45) is 0 Å². The normalized spacial score (nSPS) is 11.9. The molecule has 0 amide bonds. The standard InChI is InChI=1S/C28H16N2O/c1-2-8-21-18(6-1)15-23-22-9-3-4-10-24(22)31-28(23)25(21)20-14-19-12-11-17-7-5-13-29-26(17)27(19)30-16-20/h1-16H. The number of nitrogens with zero attached hydrogens (tertiary/aromatic N) is 2. The van der Waals surface area contributed by atoms with E-state index in [9.17, 15) is 0 Å². The van der Waals surface area contributed by atoms with Gasteiger partial charge < -0.3 is 4.42 Å². The fourth-order valence-electron chi connectivity index (χ4n) is 4.68. The van der Waals surface area contributed by atoms with Gasteiger partial charge in [0.2, 0.25) is 0 Å². The van der Waals surface area contributed by atoms with E-state index in [-0.39, 0.29) is 0 Å². The molecule has 0 aliphatic rings. The highest BCUT2D eigenvalue weighted by atomic mass is 16.3. The average Bonchev–Trinajstić information content (AvgIpc) is 3.20. The largest absolute Gasteiger partial charge is 0.455 e. The van der Waals surface area contributed by atoms with Gasteiger partial charge in [-0.1, -0.05) is 60.7 Å². The fourth-order valence-corrected chi connectivity index (χ4v) is 4.68. The van der Waals surface area contributed by atoms with Crippen LogP contribution in [-0.4, -0.2) is 9.97 Å². The molecule has 144 valence electrons. The van der Waals surface area contributed by atoms with E-state index < -0.39 is 0 Å². The topological polar surface area (TPSA) is 38.9 Å². The second-order valence-electron chi connectivity index (χ2n) is 7.88. The molecule has 7 rings (SSSR count). The number of benzene rings is 4. The van der Waals surface area contributed by atoms with Crippen molar-refractivity contribution in [3.63, 3.8) is 0 Å². The smallest absolute Gasteiger partial charge is 0.143 e. The molecule has 3 heteroatoms. The van der Waals surface area contributed by atoms with Gasteiger partial charge in [0.25, 0.3) is 0 Å². The summed E-state index contributed by atoms with van der Waals surface area (Å²) in [7, 11) is 0. The molecule has 0 N–H and O–H groups in total. The van der Waals surface area contributed by atoms with Gasteiger partial charge in [0.05, 0.1) is 11.0 Å². The summed E-state index contributed by atoms with van der Waals surface area (Å²) in [5.74, 6) is 0. The Hall–Kier alpha value is -4.24. The van der Waals surface area contributed by atoms with E-state index in [4.69, 9.17) is 9.40 Å². The second kappa shape index (κ2) is 6.13. The maximum absolute atomic E-state index is 6.39. The molecule has 3 heterocycles. The molecule has 0 saturated carbocycles. The van der Waals surface area contributed by atoms with Gasteiger partial charge >= 0.3 is 0 Å². The van der Waals surface area contributed by atoms with Crippen LogP contribution in [-0.2, 0) is 0 Å². The first-order valence-corrected chi connectivity index (χ1v) is 10.3. The van der Waals surface area contributed by atoms with Gasteiger partial charge in [-0.3, -0.25) is 9.97 Å². The van der Waals surface area contributed by atoms with Gasteiger partial charge in [0.1, 0.15) is 11.2 Å². The van der Waals surface area contributed by atoms with E-state index in [0.29, 0.717) is 0 Å². The van der Waals surface area contributed by atoms with Crippen LogP contribution < -0.4 is 0 Å². The molecule has 0 radical (unpaired) electrons. The first kappa shape index (κ1) is 16.5. The third-order valence-corrected chi connectivity index (χ3v) is 6.10. The number of hydrogen-bond donors (Lipinski definition) is 0. The molecule has 0 fully saturated rings. The highest BCUT2D eigenvalue weighted by Crippen LogP contribution is 2.41. The summed E-state index contributed by atoms with van der Waals surface area (Å²) in [5.41, 5.74) is 5.78. The van der Waals surface area contributed by atoms with Crippen LogP contribution in [0.1, 0.15) is 0 Å². The van der Waals surface area contributed by atoms with Crippen LogP contribution >= 0.6 is 0 Å². The van der Waals surface area contributed by atoms with Crippen LogP contribution in [0, 0.1) is 0 Å². The van der Waals surface area contributed by atoms with E-state index in [1.165, 1.54) is 5.39 Å². The van der Waals surface area contributed by atoms with Gasteiger partial charge in [-0.25, -0.2) is 0 Å². The third kappa shape index (κ3) is 2.34. The first-order valence-electron chi connectivity index (χ1n) is 10.3. The molecule has 0 atom stereocenters. The highest BCUT2D eigenvalue weighted by Gasteiger charge is 2.17. The van der Waals surface area contributed by atoms with E-state index in [1.54, 1.807) is 0 Å². The molecular weight excluding hydrogens is 380 g/mol. The van der Waals surface area contributed by atoms with Crippen LogP contribution in [0.15, 0.2) is 102 Å². The monoisotopic (exact) mass is 396 g/mol.